The fourth-order valence-corrected chi connectivity index (χ4v) is 2.32. The Balaban J connectivity index is 2.06. The van der Waals surface area contributed by atoms with Crippen molar-refractivity contribution in [1.29, 1.82) is 0 Å². The molecule has 2 aromatic carbocycles. The van der Waals surface area contributed by atoms with Crippen LogP contribution in [-0.4, -0.2) is 20.7 Å². The van der Waals surface area contributed by atoms with Crippen molar-refractivity contribution in [3.05, 3.63) is 59.7 Å². The van der Waals surface area contributed by atoms with Crippen molar-refractivity contribution < 1.29 is 4.74 Å². The third kappa shape index (κ3) is 4.23. The second-order valence-corrected chi connectivity index (χ2v) is 5.38. The first kappa shape index (κ1) is 15.4. The molecular formula is C18H24N2O. The Morgan fingerprint density at radius 3 is 2.43 bits per heavy atom. The predicted octanol–water partition coefficient (Wildman–Crippen LogP) is 3.39. The fourth-order valence-electron chi connectivity index (χ4n) is 2.32. The topological polar surface area (TPSA) is 38.5 Å². The minimum absolute atomic E-state index is 0.00177. The minimum Gasteiger partial charge on any atom is -0.494 e. The van der Waals surface area contributed by atoms with E-state index < -0.39 is 0 Å². The van der Waals surface area contributed by atoms with Crippen LogP contribution in [0, 0.1) is 0 Å². The largest absolute Gasteiger partial charge is 0.494 e. The lowest BCUT2D eigenvalue weighted by atomic mass is 9.99. The van der Waals surface area contributed by atoms with Crippen LogP contribution in [0.15, 0.2) is 48.5 Å². The van der Waals surface area contributed by atoms with Gasteiger partial charge in [0, 0.05) is 25.8 Å². The molecule has 2 aromatic rings. The molecular weight excluding hydrogens is 260 g/mol. The summed E-state index contributed by atoms with van der Waals surface area (Å²) in [5.74, 6) is 0.908. The van der Waals surface area contributed by atoms with E-state index in [0.717, 1.165) is 17.7 Å². The third-order valence-corrected chi connectivity index (χ3v) is 3.50. The number of hydrogen-bond acceptors (Lipinski definition) is 3. The van der Waals surface area contributed by atoms with Crippen LogP contribution >= 0.6 is 0 Å². The Hall–Kier alpha value is -2.00. The third-order valence-electron chi connectivity index (χ3n) is 3.50. The van der Waals surface area contributed by atoms with Gasteiger partial charge in [-0.2, -0.15) is 0 Å². The highest BCUT2D eigenvalue weighted by Gasteiger charge is 2.08. The van der Waals surface area contributed by atoms with Crippen LogP contribution < -0.4 is 15.4 Å². The quantitative estimate of drug-likeness (QED) is 0.883. The van der Waals surface area contributed by atoms with Crippen molar-refractivity contribution in [2.45, 2.75) is 19.4 Å². The van der Waals surface area contributed by atoms with E-state index in [4.69, 9.17) is 10.5 Å². The lowest BCUT2D eigenvalue weighted by molar-refractivity contribution is 0.340. The summed E-state index contributed by atoms with van der Waals surface area (Å²) in [5.41, 5.74) is 9.86. The van der Waals surface area contributed by atoms with E-state index in [2.05, 4.69) is 41.3 Å². The molecule has 112 valence electrons. The molecule has 0 aliphatic rings. The van der Waals surface area contributed by atoms with Crippen LogP contribution in [0.4, 0.5) is 5.69 Å². The van der Waals surface area contributed by atoms with Gasteiger partial charge in [0.2, 0.25) is 0 Å². The highest BCUT2D eigenvalue weighted by atomic mass is 16.5. The van der Waals surface area contributed by atoms with E-state index in [-0.39, 0.29) is 6.04 Å². The molecule has 0 saturated carbocycles. The first-order chi connectivity index (χ1) is 10.1. The Bertz CT molecular complexity index is 564. The predicted molar refractivity (Wildman–Crippen MR) is 89.0 cm³/mol. The van der Waals surface area contributed by atoms with Crippen molar-refractivity contribution in [3.63, 3.8) is 0 Å². The Labute approximate surface area is 127 Å². The van der Waals surface area contributed by atoms with E-state index in [1.165, 1.54) is 11.3 Å². The van der Waals surface area contributed by atoms with Crippen LogP contribution in [0.3, 0.4) is 0 Å². The lowest BCUT2D eigenvalue weighted by Crippen LogP contribution is -2.14. The molecule has 21 heavy (non-hydrogen) atoms. The van der Waals surface area contributed by atoms with E-state index in [9.17, 15) is 0 Å². The van der Waals surface area contributed by atoms with Gasteiger partial charge in [-0.15, -0.1) is 0 Å². The van der Waals surface area contributed by atoms with Gasteiger partial charge in [-0.25, -0.2) is 0 Å². The zero-order chi connectivity index (χ0) is 15.2. The molecule has 1 atom stereocenters. The molecule has 2 N–H and O–H groups in total. The van der Waals surface area contributed by atoms with Crippen molar-refractivity contribution in [3.8, 4) is 5.75 Å². The number of nitrogens with two attached hydrogens (primary N) is 1. The van der Waals surface area contributed by atoms with E-state index in [0.29, 0.717) is 6.61 Å². The first-order valence-corrected chi connectivity index (χ1v) is 7.34. The van der Waals surface area contributed by atoms with Gasteiger partial charge in [-0.3, -0.25) is 0 Å². The molecule has 0 saturated heterocycles. The highest BCUT2D eigenvalue weighted by Crippen LogP contribution is 2.21. The summed E-state index contributed by atoms with van der Waals surface area (Å²) in [6.45, 7) is 2.67. The van der Waals surface area contributed by atoms with E-state index in [1.807, 2.05) is 33.2 Å². The molecule has 0 amide bonds. The number of ether oxygens (including phenoxy) is 1. The standard InChI is InChI=1S/C18H24N2O/c1-4-21-17-7-5-6-14(12-17)13-18(19)15-8-10-16(11-9-15)20(2)3/h5-12,18H,4,13,19H2,1-3H3. The number of hydrogen-bond donors (Lipinski definition) is 1. The van der Waals surface area contributed by atoms with Crippen LogP contribution in [0.2, 0.25) is 0 Å². The number of anilines is 1. The summed E-state index contributed by atoms with van der Waals surface area (Å²) in [6.07, 6.45) is 0.808. The molecule has 3 nitrogen and oxygen atoms in total. The van der Waals surface area contributed by atoms with Gasteiger partial charge in [-0.1, -0.05) is 24.3 Å². The highest BCUT2D eigenvalue weighted by molar-refractivity contribution is 5.46. The summed E-state index contributed by atoms with van der Waals surface area (Å²) in [5, 5.41) is 0. The minimum atomic E-state index is -0.00177. The van der Waals surface area contributed by atoms with Gasteiger partial charge in [0.25, 0.3) is 0 Å². The Kier molecular flexibility index (Phi) is 5.23. The Morgan fingerprint density at radius 2 is 1.81 bits per heavy atom. The molecule has 0 aliphatic carbocycles. The molecule has 0 fully saturated rings. The Morgan fingerprint density at radius 1 is 1.10 bits per heavy atom. The van der Waals surface area contributed by atoms with Gasteiger partial charge in [-0.05, 0) is 48.7 Å². The maximum Gasteiger partial charge on any atom is 0.119 e. The van der Waals surface area contributed by atoms with E-state index >= 15 is 0 Å². The second-order valence-electron chi connectivity index (χ2n) is 5.38. The van der Waals surface area contributed by atoms with Gasteiger partial charge >= 0.3 is 0 Å². The molecule has 0 spiro atoms. The lowest BCUT2D eigenvalue weighted by Gasteiger charge is -2.16. The number of nitrogens with zero attached hydrogens (tertiary/aromatic N) is 1. The van der Waals surface area contributed by atoms with Gasteiger partial charge in [0.05, 0.1) is 6.61 Å². The van der Waals surface area contributed by atoms with Gasteiger partial charge in [0.15, 0.2) is 0 Å². The normalized spacial score (nSPS) is 12.0. The molecule has 3 heteroatoms. The SMILES string of the molecule is CCOc1cccc(CC(N)c2ccc(N(C)C)cc2)c1. The fraction of sp³-hybridized carbons (Fsp3) is 0.333. The summed E-state index contributed by atoms with van der Waals surface area (Å²) < 4.78 is 5.53. The summed E-state index contributed by atoms with van der Waals surface area (Å²) in [7, 11) is 4.07. The van der Waals surface area contributed by atoms with Crippen molar-refractivity contribution in [2.24, 2.45) is 5.73 Å². The van der Waals surface area contributed by atoms with Crippen molar-refractivity contribution in [1.82, 2.24) is 0 Å². The average molecular weight is 284 g/mol. The number of rotatable bonds is 6. The maximum absolute atomic E-state index is 6.32. The smallest absolute Gasteiger partial charge is 0.119 e. The molecule has 1 unspecified atom stereocenters. The molecule has 0 aromatic heterocycles. The molecule has 0 heterocycles. The molecule has 0 radical (unpaired) electrons. The molecule has 0 aliphatic heterocycles. The van der Waals surface area contributed by atoms with Crippen LogP contribution in [0.5, 0.6) is 5.75 Å². The van der Waals surface area contributed by atoms with Crippen LogP contribution in [0.25, 0.3) is 0 Å². The second kappa shape index (κ2) is 7.14. The van der Waals surface area contributed by atoms with E-state index in [1.54, 1.807) is 0 Å². The first-order valence-electron chi connectivity index (χ1n) is 7.34. The van der Waals surface area contributed by atoms with Crippen molar-refractivity contribution in [2.75, 3.05) is 25.6 Å². The van der Waals surface area contributed by atoms with Crippen molar-refractivity contribution >= 4 is 5.69 Å². The number of benzene rings is 2. The van der Waals surface area contributed by atoms with Crippen LogP contribution in [-0.2, 0) is 6.42 Å². The van der Waals surface area contributed by atoms with Crippen LogP contribution in [0.1, 0.15) is 24.1 Å². The zero-order valence-electron chi connectivity index (χ0n) is 13.0. The zero-order valence-corrected chi connectivity index (χ0v) is 13.0. The van der Waals surface area contributed by atoms with Gasteiger partial charge < -0.3 is 15.4 Å². The summed E-state index contributed by atoms with van der Waals surface area (Å²) >= 11 is 0. The molecule has 2 rings (SSSR count). The monoisotopic (exact) mass is 284 g/mol. The maximum atomic E-state index is 6.32. The van der Waals surface area contributed by atoms with Gasteiger partial charge in [0.1, 0.15) is 5.75 Å². The average Bonchev–Trinajstić information content (AvgIpc) is 2.48. The summed E-state index contributed by atoms with van der Waals surface area (Å²) in [4.78, 5) is 2.08. The molecule has 0 bridgehead atoms. The summed E-state index contributed by atoms with van der Waals surface area (Å²) in [6, 6.07) is 16.6.